The first-order valence-electron chi connectivity index (χ1n) is 9.48. The average molecular weight is 403 g/mol. The van der Waals surface area contributed by atoms with Crippen LogP contribution in [0.1, 0.15) is 41.6 Å². The summed E-state index contributed by atoms with van der Waals surface area (Å²) in [5, 5.41) is 2.82. The summed E-state index contributed by atoms with van der Waals surface area (Å²) < 4.78 is 32.7. The SMILES string of the molecule is COc1ccc(NC(=O)c2cc(S(=O)(=O)N3CCCCCC3)ccc2C)cc1. The highest BCUT2D eigenvalue weighted by Gasteiger charge is 2.26. The molecule has 0 bridgehead atoms. The van der Waals surface area contributed by atoms with Gasteiger partial charge >= 0.3 is 0 Å². The lowest BCUT2D eigenvalue weighted by Gasteiger charge is -2.20. The summed E-state index contributed by atoms with van der Waals surface area (Å²) in [4.78, 5) is 12.9. The molecule has 2 aromatic carbocycles. The van der Waals surface area contributed by atoms with Gasteiger partial charge in [0, 0.05) is 24.3 Å². The third-order valence-electron chi connectivity index (χ3n) is 5.00. The number of hydrogen-bond acceptors (Lipinski definition) is 4. The smallest absolute Gasteiger partial charge is 0.255 e. The van der Waals surface area contributed by atoms with Crippen molar-refractivity contribution in [3.63, 3.8) is 0 Å². The quantitative estimate of drug-likeness (QED) is 0.825. The monoisotopic (exact) mass is 402 g/mol. The highest BCUT2D eigenvalue weighted by atomic mass is 32.2. The van der Waals surface area contributed by atoms with E-state index in [4.69, 9.17) is 4.74 Å². The number of amides is 1. The lowest BCUT2D eigenvalue weighted by Crippen LogP contribution is -2.32. The zero-order valence-electron chi connectivity index (χ0n) is 16.3. The van der Waals surface area contributed by atoms with Crippen molar-refractivity contribution in [2.75, 3.05) is 25.5 Å². The highest BCUT2D eigenvalue weighted by Crippen LogP contribution is 2.23. The summed E-state index contributed by atoms with van der Waals surface area (Å²) in [5.41, 5.74) is 1.69. The molecular weight excluding hydrogens is 376 g/mol. The van der Waals surface area contributed by atoms with Gasteiger partial charge in [0.15, 0.2) is 0 Å². The molecule has 0 radical (unpaired) electrons. The molecule has 6 nitrogen and oxygen atoms in total. The van der Waals surface area contributed by atoms with Gasteiger partial charge in [-0.25, -0.2) is 8.42 Å². The second kappa shape index (κ2) is 8.75. The number of nitrogens with zero attached hydrogens (tertiary/aromatic N) is 1. The van der Waals surface area contributed by atoms with Crippen molar-refractivity contribution >= 4 is 21.6 Å². The Bertz CT molecular complexity index is 931. The van der Waals surface area contributed by atoms with Crippen molar-refractivity contribution < 1.29 is 17.9 Å². The Morgan fingerprint density at radius 1 is 1.00 bits per heavy atom. The normalized spacial score (nSPS) is 15.6. The number of hydrogen-bond donors (Lipinski definition) is 1. The van der Waals surface area contributed by atoms with Crippen LogP contribution in [0.2, 0.25) is 0 Å². The molecule has 3 rings (SSSR count). The number of aryl methyl sites for hydroxylation is 1. The Morgan fingerprint density at radius 3 is 2.25 bits per heavy atom. The van der Waals surface area contributed by atoms with Crippen LogP contribution in [-0.2, 0) is 10.0 Å². The zero-order chi connectivity index (χ0) is 20.1. The lowest BCUT2D eigenvalue weighted by atomic mass is 10.1. The molecule has 0 spiro atoms. The predicted octanol–water partition coefficient (Wildman–Crippen LogP) is 3.82. The van der Waals surface area contributed by atoms with Crippen molar-refractivity contribution in [3.05, 3.63) is 53.6 Å². The summed E-state index contributed by atoms with van der Waals surface area (Å²) in [6, 6.07) is 11.7. The third kappa shape index (κ3) is 4.54. The number of methoxy groups -OCH3 is 1. The Hall–Kier alpha value is -2.38. The largest absolute Gasteiger partial charge is 0.497 e. The molecule has 150 valence electrons. The van der Waals surface area contributed by atoms with E-state index in [0.29, 0.717) is 30.1 Å². The summed E-state index contributed by atoms with van der Waals surface area (Å²) >= 11 is 0. The van der Waals surface area contributed by atoms with Crippen molar-refractivity contribution in [3.8, 4) is 5.75 Å². The number of nitrogens with one attached hydrogen (secondary N) is 1. The van der Waals surface area contributed by atoms with Crippen LogP contribution in [0.3, 0.4) is 0 Å². The number of sulfonamides is 1. The molecule has 1 saturated heterocycles. The molecule has 1 aliphatic rings. The first kappa shape index (κ1) is 20.4. The second-order valence-electron chi connectivity index (χ2n) is 6.98. The predicted molar refractivity (Wildman–Crippen MR) is 109 cm³/mol. The minimum Gasteiger partial charge on any atom is -0.497 e. The molecule has 1 amide bonds. The fraction of sp³-hybridized carbons (Fsp3) is 0.381. The average Bonchev–Trinajstić information content (AvgIpc) is 2.99. The summed E-state index contributed by atoms with van der Waals surface area (Å²) in [6.07, 6.45) is 3.84. The van der Waals surface area contributed by atoms with Crippen molar-refractivity contribution in [2.45, 2.75) is 37.5 Å². The molecule has 1 heterocycles. The van der Waals surface area contributed by atoms with Crippen LogP contribution in [0.5, 0.6) is 5.75 Å². The van der Waals surface area contributed by atoms with Crippen LogP contribution in [0.25, 0.3) is 0 Å². The van der Waals surface area contributed by atoms with Gasteiger partial charge in [-0.3, -0.25) is 4.79 Å². The number of carbonyl (C=O) groups excluding carboxylic acids is 1. The van der Waals surface area contributed by atoms with Gasteiger partial charge in [-0.15, -0.1) is 0 Å². The van der Waals surface area contributed by atoms with Gasteiger partial charge in [0.05, 0.1) is 12.0 Å². The van der Waals surface area contributed by atoms with E-state index in [1.165, 1.54) is 10.4 Å². The molecule has 1 N–H and O–H groups in total. The zero-order valence-corrected chi connectivity index (χ0v) is 17.1. The maximum atomic E-state index is 13.0. The Morgan fingerprint density at radius 2 is 1.64 bits per heavy atom. The van der Waals surface area contributed by atoms with Gasteiger partial charge in [-0.2, -0.15) is 4.31 Å². The fourth-order valence-electron chi connectivity index (χ4n) is 3.31. The van der Waals surface area contributed by atoms with Crippen LogP contribution < -0.4 is 10.1 Å². The van der Waals surface area contributed by atoms with E-state index in [9.17, 15) is 13.2 Å². The van der Waals surface area contributed by atoms with Crippen LogP contribution in [0, 0.1) is 6.92 Å². The Balaban J connectivity index is 1.84. The third-order valence-corrected chi connectivity index (χ3v) is 6.90. The number of carbonyl (C=O) groups is 1. The van der Waals surface area contributed by atoms with E-state index in [1.54, 1.807) is 50.4 Å². The molecule has 0 unspecified atom stereocenters. The standard InChI is InChI=1S/C21H26N2O4S/c1-16-7-12-19(28(25,26)23-13-5-3-4-6-14-23)15-20(16)21(24)22-17-8-10-18(27-2)11-9-17/h7-12,15H,3-6,13-14H2,1-2H3,(H,22,24). The van der Waals surface area contributed by atoms with Gasteiger partial charge in [0.1, 0.15) is 5.75 Å². The summed E-state index contributed by atoms with van der Waals surface area (Å²) in [5.74, 6) is 0.357. The van der Waals surface area contributed by atoms with Gasteiger partial charge < -0.3 is 10.1 Å². The van der Waals surface area contributed by atoms with Gasteiger partial charge in [0.25, 0.3) is 5.91 Å². The highest BCUT2D eigenvalue weighted by molar-refractivity contribution is 7.89. The van der Waals surface area contributed by atoms with E-state index in [1.807, 2.05) is 0 Å². The topological polar surface area (TPSA) is 75.7 Å². The fourth-order valence-corrected chi connectivity index (χ4v) is 4.85. The van der Waals surface area contributed by atoms with Crippen LogP contribution >= 0.6 is 0 Å². The summed E-state index contributed by atoms with van der Waals surface area (Å²) in [7, 11) is -2.03. The molecule has 0 saturated carbocycles. The summed E-state index contributed by atoms with van der Waals surface area (Å²) in [6.45, 7) is 2.86. The molecule has 0 atom stereocenters. The first-order valence-corrected chi connectivity index (χ1v) is 10.9. The van der Waals surface area contributed by atoms with E-state index in [2.05, 4.69) is 5.32 Å². The van der Waals surface area contributed by atoms with Crippen molar-refractivity contribution in [1.82, 2.24) is 4.31 Å². The molecule has 2 aromatic rings. The first-order chi connectivity index (χ1) is 13.4. The molecule has 7 heteroatoms. The van der Waals surface area contributed by atoms with Gasteiger partial charge in [0.2, 0.25) is 10.0 Å². The van der Waals surface area contributed by atoms with Crippen LogP contribution in [0.15, 0.2) is 47.4 Å². The molecule has 1 fully saturated rings. The maximum Gasteiger partial charge on any atom is 0.255 e. The van der Waals surface area contributed by atoms with E-state index in [0.717, 1.165) is 31.2 Å². The number of rotatable bonds is 5. The molecule has 28 heavy (non-hydrogen) atoms. The van der Waals surface area contributed by atoms with Gasteiger partial charge in [-0.1, -0.05) is 18.9 Å². The van der Waals surface area contributed by atoms with E-state index >= 15 is 0 Å². The minimum atomic E-state index is -3.60. The lowest BCUT2D eigenvalue weighted by molar-refractivity contribution is 0.102. The van der Waals surface area contributed by atoms with Crippen LogP contribution in [0.4, 0.5) is 5.69 Å². The molecular formula is C21H26N2O4S. The maximum absolute atomic E-state index is 13.0. The number of anilines is 1. The Labute approximate surface area is 166 Å². The number of ether oxygens (including phenoxy) is 1. The van der Waals surface area contributed by atoms with Gasteiger partial charge in [-0.05, 0) is 61.7 Å². The van der Waals surface area contributed by atoms with Crippen LogP contribution in [-0.4, -0.2) is 38.8 Å². The minimum absolute atomic E-state index is 0.167. The van der Waals surface area contributed by atoms with Crippen molar-refractivity contribution in [2.24, 2.45) is 0 Å². The molecule has 1 aliphatic heterocycles. The number of benzene rings is 2. The molecule has 0 aromatic heterocycles. The van der Waals surface area contributed by atoms with E-state index < -0.39 is 10.0 Å². The van der Waals surface area contributed by atoms with E-state index in [-0.39, 0.29) is 10.8 Å². The molecule has 0 aliphatic carbocycles. The second-order valence-corrected chi connectivity index (χ2v) is 8.92. The van der Waals surface area contributed by atoms with Crippen molar-refractivity contribution in [1.29, 1.82) is 0 Å². The Kier molecular flexibility index (Phi) is 6.36.